The molecule has 0 bridgehead atoms. The number of amidine groups is 2. The van der Waals surface area contributed by atoms with E-state index in [-0.39, 0.29) is 11.4 Å². The van der Waals surface area contributed by atoms with E-state index >= 15 is 0 Å². The summed E-state index contributed by atoms with van der Waals surface area (Å²) in [5, 5.41) is 15.4. The molecule has 5 rings (SSSR count). The van der Waals surface area contributed by atoms with E-state index in [9.17, 15) is 4.79 Å². The Labute approximate surface area is 212 Å². The van der Waals surface area contributed by atoms with Crippen molar-refractivity contribution in [2.45, 2.75) is 13.8 Å². The van der Waals surface area contributed by atoms with Crippen LogP contribution in [0.25, 0.3) is 6.08 Å². The molecular weight excluding hydrogens is 474 g/mol. The first kappa shape index (κ1) is 23.5. The van der Waals surface area contributed by atoms with Crippen molar-refractivity contribution in [1.82, 2.24) is 9.99 Å². The molecule has 0 radical (unpaired) electrons. The van der Waals surface area contributed by atoms with E-state index in [4.69, 9.17) is 14.9 Å². The normalized spacial score (nSPS) is 16.1. The largest absolute Gasteiger partial charge is 0.490 e. The van der Waals surface area contributed by atoms with Crippen LogP contribution in [0.15, 0.2) is 82.7 Å². The van der Waals surface area contributed by atoms with Gasteiger partial charge in [0.25, 0.3) is 5.91 Å². The van der Waals surface area contributed by atoms with Crippen molar-refractivity contribution in [2.24, 2.45) is 10.1 Å². The average Bonchev–Trinajstić information content (AvgIpc) is 3.29. The Morgan fingerprint density at radius 2 is 1.72 bits per heavy atom. The number of thioether (sulfide) groups is 1. The lowest BCUT2D eigenvalue weighted by Crippen LogP contribution is -2.35. The molecule has 1 N–H and O–H groups in total. The van der Waals surface area contributed by atoms with Gasteiger partial charge in [0.2, 0.25) is 5.17 Å². The minimum Gasteiger partial charge on any atom is -0.490 e. The van der Waals surface area contributed by atoms with Crippen LogP contribution < -0.4 is 9.47 Å². The van der Waals surface area contributed by atoms with Crippen molar-refractivity contribution in [3.63, 3.8) is 0 Å². The second-order valence-corrected chi connectivity index (χ2v) is 9.21. The molecule has 3 heterocycles. The molecule has 8 nitrogen and oxygen atoms in total. The van der Waals surface area contributed by atoms with E-state index in [0.717, 1.165) is 28.0 Å². The number of fused-ring (bicyclic) bond motifs is 1. The van der Waals surface area contributed by atoms with Crippen LogP contribution in [0.2, 0.25) is 0 Å². The topological polar surface area (TPSA) is 100 Å². The van der Waals surface area contributed by atoms with Crippen LogP contribution in [0.3, 0.4) is 0 Å². The molecule has 1 amide bonds. The van der Waals surface area contributed by atoms with Crippen LogP contribution in [0.1, 0.15) is 22.3 Å². The van der Waals surface area contributed by atoms with Gasteiger partial charge in [0.05, 0.1) is 5.57 Å². The molecule has 2 aliphatic heterocycles. The third-order valence-corrected chi connectivity index (χ3v) is 6.33. The van der Waals surface area contributed by atoms with Gasteiger partial charge in [0.15, 0.2) is 5.84 Å². The number of benzene rings is 2. The number of ether oxygens (including phenoxy) is 2. The van der Waals surface area contributed by atoms with Gasteiger partial charge in [-0.3, -0.25) is 15.2 Å². The first-order chi connectivity index (χ1) is 17.5. The lowest BCUT2D eigenvalue weighted by molar-refractivity contribution is -0.114. The highest BCUT2D eigenvalue weighted by atomic mass is 32.2. The summed E-state index contributed by atoms with van der Waals surface area (Å²) < 4.78 is 11.6. The molecular formula is C27H23N5O3S. The molecule has 0 unspecified atom stereocenters. The summed E-state index contributed by atoms with van der Waals surface area (Å²) >= 11 is 1.24. The van der Waals surface area contributed by atoms with Crippen molar-refractivity contribution in [3.05, 3.63) is 94.8 Å². The number of rotatable bonds is 7. The fourth-order valence-corrected chi connectivity index (χ4v) is 4.64. The third kappa shape index (κ3) is 5.21. The molecule has 0 saturated carbocycles. The number of hydrogen-bond donors (Lipinski definition) is 1. The zero-order chi connectivity index (χ0) is 25.1. The number of aryl methyl sites for hydroxylation is 2. The standard InChI is InChI=1S/C27H23N5O3S/c1-17-12-18(2)14-22(13-17)35-11-10-34-21-7-5-19(6-8-21)15-23-24(28)32-27(30-25(23)33)36-26(31-32)20-4-3-9-29-16-20/h3-9,12-16,28H,10-11H2,1-2H3. The summed E-state index contributed by atoms with van der Waals surface area (Å²) in [4.78, 5) is 20.9. The van der Waals surface area contributed by atoms with Gasteiger partial charge in [-0.25, -0.2) is 0 Å². The van der Waals surface area contributed by atoms with Gasteiger partial charge in [-0.15, -0.1) is 0 Å². The van der Waals surface area contributed by atoms with Crippen LogP contribution in [-0.4, -0.2) is 45.2 Å². The second kappa shape index (κ2) is 10.2. The number of carbonyl (C=O) groups excluding carboxylic acids is 1. The fraction of sp³-hybridized carbons (Fsp3) is 0.148. The number of hydrazone groups is 1. The predicted molar refractivity (Wildman–Crippen MR) is 142 cm³/mol. The molecule has 9 heteroatoms. The van der Waals surface area contributed by atoms with Gasteiger partial charge in [0, 0.05) is 18.0 Å². The number of amides is 1. The monoisotopic (exact) mass is 497 g/mol. The maximum atomic E-state index is 12.7. The smallest absolute Gasteiger partial charge is 0.283 e. The highest BCUT2D eigenvalue weighted by Crippen LogP contribution is 2.30. The molecule has 2 aromatic carbocycles. The average molecular weight is 498 g/mol. The number of nitrogens with one attached hydrogen (secondary N) is 1. The minimum atomic E-state index is -0.467. The number of aromatic nitrogens is 1. The van der Waals surface area contributed by atoms with E-state index in [0.29, 0.717) is 29.2 Å². The Bertz CT molecular complexity index is 1390. The zero-order valence-electron chi connectivity index (χ0n) is 19.8. The van der Waals surface area contributed by atoms with Gasteiger partial charge >= 0.3 is 0 Å². The number of pyridine rings is 1. The molecule has 1 aromatic heterocycles. The van der Waals surface area contributed by atoms with Gasteiger partial charge in [-0.05, 0) is 84.8 Å². The lowest BCUT2D eigenvalue weighted by atomic mass is 10.1. The molecule has 3 aromatic rings. The first-order valence-corrected chi connectivity index (χ1v) is 12.1. The van der Waals surface area contributed by atoms with Crippen LogP contribution in [0, 0.1) is 19.3 Å². The molecule has 2 aliphatic rings. The summed E-state index contributed by atoms with van der Waals surface area (Å²) in [7, 11) is 0. The molecule has 0 atom stereocenters. The van der Waals surface area contributed by atoms with Gasteiger partial charge in [-0.2, -0.15) is 15.1 Å². The Hall–Kier alpha value is -4.24. The number of carbonyl (C=O) groups is 1. The van der Waals surface area contributed by atoms with Crippen LogP contribution in [0.5, 0.6) is 11.5 Å². The number of aliphatic imine (C=N–C) groups is 1. The Balaban J connectivity index is 1.21. The molecule has 0 fully saturated rings. The quantitative estimate of drug-likeness (QED) is 0.371. The van der Waals surface area contributed by atoms with Gasteiger partial charge in [0.1, 0.15) is 29.8 Å². The Morgan fingerprint density at radius 3 is 2.42 bits per heavy atom. The fourth-order valence-electron chi connectivity index (χ4n) is 3.76. The third-order valence-electron chi connectivity index (χ3n) is 5.37. The summed E-state index contributed by atoms with van der Waals surface area (Å²) in [6, 6.07) is 17.1. The van der Waals surface area contributed by atoms with Crippen molar-refractivity contribution >= 4 is 39.8 Å². The molecule has 0 saturated heterocycles. The molecule has 0 spiro atoms. The minimum absolute atomic E-state index is 0.0137. The highest BCUT2D eigenvalue weighted by Gasteiger charge is 2.36. The molecule has 36 heavy (non-hydrogen) atoms. The molecule has 180 valence electrons. The Morgan fingerprint density at radius 1 is 1.00 bits per heavy atom. The summed E-state index contributed by atoms with van der Waals surface area (Å²) in [5.41, 5.74) is 4.05. The summed E-state index contributed by atoms with van der Waals surface area (Å²) in [6.45, 7) is 4.91. The van der Waals surface area contributed by atoms with Gasteiger partial charge in [-0.1, -0.05) is 18.2 Å². The summed E-state index contributed by atoms with van der Waals surface area (Å²) in [5.74, 6) is 1.04. The SMILES string of the molecule is Cc1cc(C)cc(OCCOc2ccc(C=C3C(=N)N4N=C(c5cccnc5)SC4=NC3=O)cc2)c1. The van der Waals surface area contributed by atoms with Crippen molar-refractivity contribution in [2.75, 3.05) is 13.2 Å². The summed E-state index contributed by atoms with van der Waals surface area (Å²) in [6.07, 6.45) is 5.00. The number of nitrogens with zero attached hydrogens (tertiary/aromatic N) is 4. The number of hydrogen-bond acceptors (Lipinski definition) is 7. The predicted octanol–water partition coefficient (Wildman–Crippen LogP) is 4.82. The van der Waals surface area contributed by atoms with Crippen LogP contribution in [0.4, 0.5) is 0 Å². The first-order valence-electron chi connectivity index (χ1n) is 11.3. The van der Waals surface area contributed by atoms with E-state index in [1.54, 1.807) is 18.5 Å². The van der Waals surface area contributed by atoms with E-state index in [1.807, 2.05) is 62.4 Å². The highest BCUT2D eigenvalue weighted by molar-refractivity contribution is 8.27. The zero-order valence-corrected chi connectivity index (χ0v) is 20.6. The Kier molecular flexibility index (Phi) is 6.64. The van der Waals surface area contributed by atoms with E-state index < -0.39 is 5.91 Å². The van der Waals surface area contributed by atoms with Crippen LogP contribution in [-0.2, 0) is 4.79 Å². The van der Waals surface area contributed by atoms with Crippen molar-refractivity contribution in [3.8, 4) is 11.5 Å². The lowest BCUT2D eigenvalue weighted by Gasteiger charge is -2.20. The second-order valence-electron chi connectivity index (χ2n) is 8.26. The maximum absolute atomic E-state index is 12.7. The maximum Gasteiger partial charge on any atom is 0.283 e. The van der Waals surface area contributed by atoms with Crippen LogP contribution >= 0.6 is 11.8 Å². The van der Waals surface area contributed by atoms with E-state index in [1.165, 1.54) is 16.8 Å². The molecule has 0 aliphatic carbocycles. The van der Waals surface area contributed by atoms with E-state index in [2.05, 4.69) is 21.1 Å². The van der Waals surface area contributed by atoms with Crippen molar-refractivity contribution < 1.29 is 14.3 Å². The van der Waals surface area contributed by atoms with Gasteiger partial charge < -0.3 is 9.47 Å². The van der Waals surface area contributed by atoms with Crippen molar-refractivity contribution in [1.29, 1.82) is 5.41 Å².